The van der Waals surface area contributed by atoms with E-state index in [1.807, 2.05) is 34.6 Å². The third-order valence-electron chi connectivity index (χ3n) is 2.16. The number of rotatable bonds is 3. The van der Waals surface area contributed by atoms with Gasteiger partial charge >= 0.3 is 0 Å². The minimum absolute atomic E-state index is 0.168. The van der Waals surface area contributed by atoms with Crippen molar-refractivity contribution in [1.29, 1.82) is 0 Å². The van der Waals surface area contributed by atoms with Crippen molar-refractivity contribution < 1.29 is 0 Å². The predicted octanol–water partition coefficient (Wildman–Crippen LogP) is 6.40. The molecule has 0 unspecified atom stereocenters. The smallest absolute Gasteiger partial charge is 0.109 e. The van der Waals surface area contributed by atoms with Gasteiger partial charge in [-0.05, 0) is 12.3 Å². The van der Waals surface area contributed by atoms with Gasteiger partial charge in [0.05, 0.1) is 0 Å². The molecule has 0 aliphatic rings. The molecule has 0 amide bonds. The van der Waals surface area contributed by atoms with Crippen molar-refractivity contribution in [2.24, 2.45) is 15.4 Å². The number of unbranched alkanes of at least 4 members (excludes halogenated alkanes) is 2. The number of aliphatic imine (C=N–C) groups is 2. The topological polar surface area (TPSA) is 24.7 Å². The quantitative estimate of drug-likeness (QED) is 0.419. The van der Waals surface area contributed by atoms with Crippen LogP contribution >= 0.6 is 0 Å². The molecule has 0 saturated heterocycles. The Morgan fingerprint density at radius 2 is 1.32 bits per heavy atom. The van der Waals surface area contributed by atoms with Gasteiger partial charge in [-0.3, -0.25) is 4.99 Å². The van der Waals surface area contributed by atoms with E-state index in [9.17, 15) is 0 Å². The highest BCUT2D eigenvalue weighted by Gasteiger charge is 2.12. The minimum Gasteiger partial charge on any atom is -0.277 e. The largest absolute Gasteiger partial charge is 0.277 e. The van der Waals surface area contributed by atoms with Crippen molar-refractivity contribution in [1.82, 2.24) is 0 Å². The second-order valence-electron chi connectivity index (χ2n) is 4.69. The summed E-state index contributed by atoms with van der Waals surface area (Å²) in [6.07, 6.45) is 5.66. The summed E-state index contributed by atoms with van der Waals surface area (Å²) in [5, 5.41) is 0. The molecule has 0 bridgehead atoms. The van der Waals surface area contributed by atoms with E-state index in [4.69, 9.17) is 0 Å². The van der Waals surface area contributed by atoms with Gasteiger partial charge in [0, 0.05) is 12.8 Å². The lowest BCUT2D eigenvalue weighted by Gasteiger charge is -2.16. The van der Waals surface area contributed by atoms with Crippen molar-refractivity contribution in [3.05, 3.63) is 0 Å². The zero-order valence-corrected chi connectivity index (χ0v) is 15.6. The molecule has 0 atom stereocenters. The van der Waals surface area contributed by atoms with Gasteiger partial charge in [0.1, 0.15) is 6.34 Å². The predicted molar refractivity (Wildman–Crippen MR) is 94.9 cm³/mol. The maximum Gasteiger partial charge on any atom is 0.109 e. The van der Waals surface area contributed by atoms with Gasteiger partial charge in [0.25, 0.3) is 0 Å². The molecule has 0 aromatic carbocycles. The van der Waals surface area contributed by atoms with Gasteiger partial charge in [-0.15, -0.1) is 0 Å². The Kier molecular flexibility index (Phi) is 31.8. The van der Waals surface area contributed by atoms with E-state index in [1.165, 1.54) is 19.3 Å². The first-order valence-electron chi connectivity index (χ1n) is 7.85. The van der Waals surface area contributed by atoms with Gasteiger partial charge in [-0.25, -0.2) is 4.99 Å². The SMILES string of the molecule is CC.CC.CCCCC.CN=CN=C(C)C(C)(C)C. The lowest BCUT2D eigenvalue weighted by atomic mass is 9.91. The zero-order chi connectivity index (χ0) is 16.3. The summed E-state index contributed by atoms with van der Waals surface area (Å²) in [6, 6.07) is 0. The molecule has 0 radical (unpaired) electrons. The lowest BCUT2D eigenvalue weighted by molar-refractivity contribution is 0.589. The highest BCUT2D eigenvalue weighted by atomic mass is 14.8. The van der Waals surface area contributed by atoms with Crippen LogP contribution in [-0.4, -0.2) is 19.1 Å². The van der Waals surface area contributed by atoms with Crippen molar-refractivity contribution in [3.63, 3.8) is 0 Å². The van der Waals surface area contributed by atoms with Gasteiger partial charge in [0.15, 0.2) is 0 Å². The van der Waals surface area contributed by atoms with E-state index in [-0.39, 0.29) is 5.41 Å². The first kappa shape index (κ1) is 26.8. The van der Waals surface area contributed by atoms with Crippen LogP contribution in [0.4, 0.5) is 0 Å². The molecular weight excluding hydrogens is 232 g/mol. The second-order valence-corrected chi connectivity index (χ2v) is 4.69. The monoisotopic (exact) mass is 272 g/mol. The molecule has 0 rings (SSSR count). The van der Waals surface area contributed by atoms with Crippen LogP contribution in [0.1, 0.15) is 88.5 Å². The molecule has 0 fully saturated rings. The third-order valence-corrected chi connectivity index (χ3v) is 2.16. The lowest BCUT2D eigenvalue weighted by Crippen LogP contribution is -2.16. The molecular formula is C17H40N2. The molecule has 0 heterocycles. The van der Waals surface area contributed by atoms with Gasteiger partial charge < -0.3 is 0 Å². The first-order valence-corrected chi connectivity index (χ1v) is 7.85. The Balaban J connectivity index is -0.000000105. The average Bonchev–Trinajstić information content (AvgIpc) is 2.41. The van der Waals surface area contributed by atoms with Crippen molar-refractivity contribution >= 4 is 12.1 Å². The number of hydrogen-bond acceptors (Lipinski definition) is 1. The van der Waals surface area contributed by atoms with Crippen LogP contribution < -0.4 is 0 Å². The van der Waals surface area contributed by atoms with E-state index in [0.29, 0.717) is 0 Å². The van der Waals surface area contributed by atoms with Gasteiger partial charge in [-0.2, -0.15) is 0 Å². The standard InChI is InChI=1S/C8H16N2.C5H12.2C2H6/c1-7(8(2,3)4)10-6-9-5;1-3-5-4-2;2*1-2/h6H,1-5H3;3-5H2,1-2H3;2*1-2H3. The van der Waals surface area contributed by atoms with E-state index in [0.717, 1.165) is 5.71 Å². The number of hydrogen-bond donors (Lipinski definition) is 0. The van der Waals surface area contributed by atoms with Gasteiger partial charge in [-0.1, -0.05) is 81.6 Å². The van der Waals surface area contributed by atoms with Gasteiger partial charge in [0.2, 0.25) is 0 Å². The summed E-state index contributed by atoms with van der Waals surface area (Å²) in [5.41, 5.74) is 1.28. The first-order chi connectivity index (χ1) is 8.90. The molecule has 2 nitrogen and oxygen atoms in total. The Morgan fingerprint density at radius 3 is 1.47 bits per heavy atom. The van der Waals surface area contributed by atoms with Crippen LogP contribution in [0.3, 0.4) is 0 Å². The normalized spacial score (nSPS) is 10.6. The Morgan fingerprint density at radius 1 is 0.947 bits per heavy atom. The summed E-state index contributed by atoms with van der Waals surface area (Å²) >= 11 is 0. The van der Waals surface area contributed by atoms with Crippen molar-refractivity contribution in [2.45, 2.75) is 88.5 Å². The molecule has 0 aliphatic heterocycles. The minimum atomic E-state index is 0.168. The van der Waals surface area contributed by atoms with Crippen LogP contribution in [0.5, 0.6) is 0 Å². The van der Waals surface area contributed by atoms with E-state index < -0.39 is 0 Å². The summed E-state index contributed by atoms with van der Waals surface area (Å²) < 4.78 is 0. The third kappa shape index (κ3) is 31.7. The van der Waals surface area contributed by atoms with E-state index in [1.54, 1.807) is 13.4 Å². The van der Waals surface area contributed by atoms with Crippen molar-refractivity contribution in [2.75, 3.05) is 7.05 Å². The van der Waals surface area contributed by atoms with Crippen LogP contribution in [-0.2, 0) is 0 Å². The fourth-order valence-corrected chi connectivity index (χ4v) is 0.692. The average molecular weight is 273 g/mol. The van der Waals surface area contributed by atoms with Crippen LogP contribution in [0.25, 0.3) is 0 Å². The molecule has 0 aromatic heterocycles. The maximum absolute atomic E-state index is 4.14. The molecule has 118 valence electrons. The molecule has 0 saturated carbocycles. The molecule has 0 spiro atoms. The van der Waals surface area contributed by atoms with Crippen LogP contribution in [0.2, 0.25) is 0 Å². The van der Waals surface area contributed by atoms with E-state index in [2.05, 4.69) is 44.6 Å². The van der Waals surface area contributed by atoms with Crippen LogP contribution in [0.15, 0.2) is 9.98 Å². The Hall–Kier alpha value is -0.660. The van der Waals surface area contributed by atoms with Crippen molar-refractivity contribution in [3.8, 4) is 0 Å². The maximum atomic E-state index is 4.14. The molecule has 2 heteroatoms. The molecule has 0 aromatic rings. The number of nitrogens with zero attached hydrogens (tertiary/aromatic N) is 2. The fraction of sp³-hybridized carbons (Fsp3) is 0.882. The molecule has 0 aliphatic carbocycles. The van der Waals surface area contributed by atoms with E-state index >= 15 is 0 Å². The highest BCUT2D eigenvalue weighted by molar-refractivity contribution is 5.92. The summed E-state index contributed by atoms with van der Waals surface area (Å²) in [5.74, 6) is 0. The highest BCUT2D eigenvalue weighted by Crippen LogP contribution is 2.14. The fourth-order valence-electron chi connectivity index (χ4n) is 0.692. The van der Waals surface area contributed by atoms with Crippen LogP contribution in [0, 0.1) is 5.41 Å². The Bertz CT molecular complexity index is 184. The summed E-state index contributed by atoms with van der Waals surface area (Å²) in [7, 11) is 1.72. The zero-order valence-electron chi connectivity index (χ0n) is 15.6. The second kappa shape index (κ2) is 22.5. The summed E-state index contributed by atoms with van der Waals surface area (Å²) in [6.45, 7) is 20.8. The summed E-state index contributed by atoms with van der Waals surface area (Å²) in [4.78, 5) is 7.92. The Labute approximate surface area is 123 Å². The molecule has 19 heavy (non-hydrogen) atoms. The molecule has 0 N–H and O–H groups in total.